The highest BCUT2D eigenvalue weighted by Crippen LogP contribution is 2.32. The highest BCUT2D eigenvalue weighted by Gasteiger charge is 2.34. The Kier molecular flexibility index (Phi) is 8.39. The van der Waals surface area contributed by atoms with Gasteiger partial charge in [-0.1, -0.05) is 32.0 Å². The third kappa shape index (κ3) is 6.23. The molecule has 0 aromatic heterocycles. The lowest BCUT2D eigenvalue weighted by molar-refractivity contribution is -0.140. The monoisotopic (exact) mass is 519 g/mol. The average molecular weight is 520 g/mol. The second-order valence-corrected chi connectivity index (χ2v) is 9.16. The molecule has 192 valence electrons. The number of carbonyl (C=O) groups excluding carboxylic acids is 2. The second kappa shape index (κ2) is 11.1. The minimum atomic E-state index is -4.54. The molecular weight excluding hydrogens is 491 g/mol. The molecule has 0 aliphatic carbocycles. The van der Waals surface area contributed by atoms with Gasteiger partial charge in [0.25, 0.3) is 5.91 Å². The van der Waals surface area contributed by atoms with E-state index in [2.05, 4.69) is 10.6 Å². The number of halogens is 3. The molecule has 10 heteroatoms. The third-order valence-corrected chi connectivity index (χ3v) is 5.97. The van der Waals surface area contributed by atoms with Crippen molar-refractivity contribution in [3.63, 3.8) is 0 Å². The number of alkyl halides is 3. The van der Waals surface area contributed by atoms with E-state index in [1.54, 1.807) is 24.3 Å². The molecule has 1 atom stereocenters. The molecule has 0 fully saturated rings. The molecule has 0 radical (unpaired) electrons. The molecule has 0 saturated carbocycles. The summed E-state index contributed by atoms with van der Waals surface area (Å²) in [6.07, 6.45) is -4.54. The van der Waals surface area contributed by atoms with Gasteiger partial charge in [-0.2, -0.15) is 13.2 Å². The van der Waals surface area contributed by atoms with Gasteiger partial charge in [-0.05, 0) is 67.9 Å². The Balaban J connectivity index is 1.84. The molecule has 1 aliphatic heterocycles. The van der Waals surface area contributed by atoms with E-state index in [1.807, 2.05) is 32.6 Å². The second-order valence-electron chi connectivity index (χ2n) is 8.77. The molecule has 6 nitrogen and oxygen atoms in total. The number of anilines is 1. The zero-order chi connectivity index (χ0) is 26.6. The minimum absolute atomic E-state index is 0.110. The van der Waals surface area contributed by atoms with Crippen molar-refractivity contribution in [3.05, 3.63) is 76.5 Å². The lowest BCUT2D eigenvalue weighted by Gasteiger charge is -2.37. The van der Waals surface area contributed by atoms with E-state index in [0.717, 1.165) is 12.1 Å². The van der Waals surface area contributed by atoms with Crippen LogP contribution in [0.5, 0.6) is 0 Å². The maximum Gasteiger partial charge on any atom is 0.416 e. The lowest BCUT2D eigenvalue weighted by atomic mass is 9.94. The zero-order valence-electron chi connectivity index (χ0n) is 20.4. The average Bonchev–Trinajstić information content (AvgIpc) is 2.82. The lowest BCUT2D eigenvalue weighted by Crippen LogP contribution is -2.47. The molecule has 1 heterocycles. The first kappa shape index (κ1) is 27.2. The highest BCUT2D eigenvalue weighted by atomic mass is 32.1. The summed E-state index contributed by atoms with van der Waals surface area (Å²) >= 11 is 5.49. The molecule has 2 N–H and O–H groups in total. The van der Waals surface area contributed by atoms with Crippen LogP contribution in [-0.2, 0) is 15.7 Å². The molecule has 0 unspecified atom stereocenters. The number of ether oxygens (including phenoxy) is 1. The Morgan fingerprint density at radius 2 is 1.83 bits per heavy atom. The van der Waals surface area contributed by atoms with Crippen LogP contribution in [0, 0.1) is 5.92 Å². The van der Waals surface area contributed by atoms with Crippen molar-refractivity contribution in [2.24, 2.45) is 5.92 Å². The molecule has 1 aliphatic rings. The molecule has 2 aromatic carbocycles. The van der Waals surface area contributed by atoms with Gasteiger partial charge in [-0.15, -0.1) is 0 Å². The van der Waals surface area contributed by atoms with Gasteiger partial charge in [0.15, 0.2) is 5.11 Å². The van der Waals surface area contributed by atoms with Gasteiger partial charge in [0.05, 0.1) is 23.8 Å². The predicted octanol–water partition coefficient (Wildman–Crippen LogP) is 5.68. The summed E-state index contributed by atoms with van der Waals surface area (Å²) in [6.45, 7) is 8.50. The third-order valence-electron chi connectivity index (χ3n) is 5.63. The van der Waals surface area contributed by atoms with Crippen LogP contribution in [-0.4, -0.2) is 35.0 Å². The minimum Gasteiger partial charge on any atom is -0.462 e. The number of esters is 1. The first-order chi connectivity index (χ1) is 16.9. The molecule has 0 saturated heterocycles. The van der Waals surface area contributed by atoms with Gasteiger partial charge in [-0.25, -0.2) is 4.79 Å². The van der Waals surface area contributed by atoms with Crippen LogP contribution in [0.3, 0.4) is 0 Å². The normalized spacial score (nSPS) is 16.2. The van der Waals surface area contributed by atoms with Crippen molar-refractivity contribution in [2.75, 3.05) is 18.5 Å². The predicted molar refractivity (Wildman–Crippen MR) is 135 cm³/mol. The zero-order valence-corrected chi connectivity index (χ0v) is 21.2. The van der Waals surface area contributed by atoms with Crippen LogP contribution in [0.2, 0.25) is 0 Å². The largest absolute Gasteiger partial charge is 0.462 e. The van der Waals surface area contributed by atoms with Crippen molar-refractivity contribution < 1.29 is 27.5 Å². The van der Waals surface area contributed by atoms with Crippen LogP contribution >= 0.6 is 12.2 Å². The van der Waals surface area contributed by atoms with Gasteiger partial charge < -0.3 is 20.3 Å². The van der Waals surface area contributed by atoms with Gasteiger partial charge in [0.2, 0.25) is 0 Å². The molecular formula is C26H28F3N3O3S. The quantitative estimate of drug-likeness (QED) is 0.362. The Hall–Kier alpha value is -3.40. The highest BCUT2D eigenvalue weighted by molar-refractivity contribution is 7.80. The number of nitrogens with zero attached hydrogens (tertiary/aromatic N) is 1. The summed E-state index contributed by atoms with van der Waals surface area (Å²) in [4.78, 5) is 27.3. The van der Waals surface area contributed by atoms with E-state index in [1.165, 1.54) is 12.1 Å². The van der Waals surface area contributed by atoms with Crippen molar-refractivity contribution in [2.45, 2.75) is 39.9 Å². The molecule has 1 amide bonds. The van der Waals surface area contributed by atoms with Crippen molar-refractivity contribution in [1.29, 1.82) is 0 Å². The molecule has 2 aromatic rings. The number of hydrogen-bond acceptors (Lipinski definition) is 4. The Morgan fingerprint density at radius 3 is 2.42 bits per heavy atom. The number of rotatable bonds is 7. The van der Waals surface area contributed by atoms with Crippen LogP contribution in [0.15, 0.2) is 59.8 Å². The number of hydrogen-bond donors (Lipinski definition) is 2. The van der Waals surface area contributed by atoms with E-state index in [0.29, 0.717) is 34.2 Å². The van der Waals surface area contributed by atoms with Gasteiger partial charge in [0.1, 0.15) is 0 Å². The fourth-order valence-electron chi connectivity index (χ4n) is 3.80. The van der Waals surface area contributed by atoms with Gasteiger partial charge in [0, 0.05) is 23.5 Å². The number of amides is 1. The van der Waals surface area contributed by atoms with Crippen molar-refractivity contribution >= 4 is 34.9 Å². The number of benzene rings is 2. The van der Waals surface area contributed by atoms with Crippen molar-refractivity contribution in [1.82, 2.24) is 10.2 Å². The van der Waals surface area contributed by atoms with Crippen LogP contribution < -0.4 is 10.6 Å². The molecule has 0 spiro atoms. The summed E-state index contributed by atoms with van der Waals surface area (Å²) in [5.74, 6) is -0.937. The summed E-state index contributed by atoms with van der Waals surface area (Å²) in [7, 11) is 0. The fraction of sp³-hybridized carbons (Fsp3) is 0.346. The summed E-state index contributed by atoms with van der Waals surface area (Å²) in [5, 5.41) is 6.27. The van der Waals surface area contributed by atoms with Crippen LogP contribution in [0.25, 0.3) is 0 Å². The van der Waals surface area contributed by atoms with E-state index in [4.69, 9.17) is 17.0 Å². The first-order valence-corrected chi connectivity index (χ1v) is 11.9. The van der Waals surface area contributed by atoms with E-state index < -0.39 is 29.7 Å². The Morgan fingerprint density at radius 1 is 1.17 bits per heavy atom. The molecule has 3 rings (SSSR count). The number of nitrogens with one attached hydrogen (secondary N) is 2. The molecule has 0 bridgehead atoms. The van der Waals surface area contributed by atoms with Crippen molar-refractivity contribution in [3.8, 4) is 0 Å². The first-order valence-electron chi connectivity index (χ1n) is 11.5. The number of allylic oxidation sites excluding steroid dienone is 1. The van der Waals surface area contributed by atoms with Gasteiger partial charge in [-0.3, -0.25) is 4.79 Å². The maximum atomic E-state index is 13.0. The van der Waals surface area contributed by atoms with E-state index in [9.17, 15) is 22.8 Å². The Labute approximate surface area is 213 Å². The van der Waals surface area contributed by atoms with Gasteiger partial charge >= 0.3 is 12.1 Å². The smallest absolute Gasteiger partial charge is 0.416 e. The number of thiocarbonyl (C=S) groups is 1. The molecule has 36 heavy (non-hydrogen) atoms. The van der Waals surface area contributed by atoms with E-state index in [-0.39, 0.29) is 18.1 Å². The summed E-state index contributed by atoms with van der Waals surface area (Å²) in [5.41, 5.74) is 1.22. The SMILES string of the molecule is CCN1C(=S)N[C@H](c2ccc(NC(=O)c3cccc(C(F)(F)F)c3)cc2)C(C(=O)OCC(C)C)=C1C. The summed E-state index contributed by atoms with van der Waals surface area (Å²) in [6, 6.07) is 10.3. The maximum absolute atomic E-state index is 13.0. The van der Waals surface area contributed by atoms with Crippen LogP contribution in [0.4, 0.5) is 18.9 Å². The summed E-state index contributed by atoms with van der Waals surface area (Å²) < 4.78 is 44.4. The fourth-order valence-corrected chi connectivity index (χ4v) is 4.18. The van der Waals surface area contributed by atoms with Crippen LogP contribution in [0.1, 0.15) is 55.2 Å². The Bertz CT molecular complexity index is 1180. The topological polar surface area (TPSA) is 70.7 Å². The van der Waals surface area contributed by atoms with E-state index >= 15 is 0 Å². The standard InChI is InChI=1S/C26H28F3N3O3S/c1-5-32-16(4)21(24(34)35-14-15(2)3)22(31-25(32)36)17-9-11-20(12-10-17)30-23(33)18-7-6-8-19(13-18)26(27,28)29/h6-13,15,22H,5,14H2,1-4H3,(H,30,33)(H,31,36)/t22-/m1/s1. The number of carbonyl (C=O) groups is 2.